The summed E-state index contributed by atoms with van der Waals surface area (Å²) in [4.78, 5) is 14.2. The molecule has 2 aromatic rings. The standard InChI is InChI=1S/C19H24N2O2/c1-4-16-7-5-6-8-18(16)20-19(22)14-21(2)13-15-9-11-17(23-3)12-10-15/h5-12H,4,13-14H2,1-3H3,(H,20,22). The van der Waals surface area contributed by atoms with E-state index in [4.69, 9.17) is 4.74 Å². The van der Waals surface area contributed by atoms with Gasteiger partial charge in [0, 0.05) is 12.2 Å². The molecule has 0 spiro atoms. The Morgan fingerprint density at radius 3 is 2.48 bits per heavy atom. The highest BCUT2D eigenvalue weighted by Gasteiger charge is 2.09. The van der Waals surface area contributed by atoms with Crippen molar-refractivity contribution in [3.8, 4) is 5.75 Å². The fourth-order valence-electron chi connectivity index (χ4n) is 2.48. The maximum atomic E-state index is 12.2. The SMILES string of the molecule is CCc1ccccc1NC(=O)CN(C)Cc1ccc(OC)cc1. The molecular weight excluding hydrogens is 288 g/mol. The molecule has 0 aliphatic rings. The van der Waals surface area contributed by atoms with Crippen LogP contribution < -0.4 is 10.1 Å². The summed E-state index contributed by atoms with van der Waals surface area (Å²) < 4.78 is 5.15. The Kier molecular flexibility index (Phi) is 6.18. The van der Waals surface area contributed by atoms with Crippen LogP contribution in [0.3, 0.4) is 0 Å². The van der Waals surface area contributed by atoms with E-state index in [2.05, 4.69) is 12.2 Å². The summed E-state index contributed by atoms with van der Waals surface area (Å²) in [5.74, 6) is 0.840. The van der Waals surface area contributed by atoms with Crippen LogP contribution in [-0.4, -0.2) is 31.5 Å². The van der Waals surface area contributed by atoms with Crippen LogP contribution in [0.1, 0.15) is 18.1 Å². The van der Waals surface area contributed by atoms with E-state index in [1.54, 1.807) is 7.11 Å². The van der Waals surface area contributed by atoms with E-state index in [1.807, 2.05) is 60.5 Å². The number of hydrogen-bond acceptors (Lipinski definition) is 3. The van der Waals surface area contributed by atoms with E-state index in [0.717, 1.165) is 29.0 Å². The fourth-order valence-corrected chi connectivity index (χ4v) is 2.48. The summed E-state index contributed by atoms with van der Waals surface area (Å²) >= 11 is 0. The van der Waals surface area contributed by atoms with Gasteiger partial charge in [0.05, 0.1) is 13.7 Å². The van der Waals surface area contributed by atoms with Crippen LogP contribution in [0.15, 0.2) is 48.5 Å². The molecule has 0 saturated heterocycles. The molecule has 0 fully saturated rings. The normalized spacial score (nSPS) is 10.6. The first-order valence-electron chi connectivity index (χ1n) is 7.81. The van der Waals surface area contributed by atoms with Crippen LogP contribution >= 0.6 is 0 Å². The van der Waals surface area contributed by atoms with Gasteiger partial charge in [0.2, 0.25) is 5.91 Å². The number of aryl methyl sites for hydroxylation is 1. The third-order valence-corrected chi connectivity index (χ3v) is 3.70. The number of carbonyl (C=O) groups is 1. The summed E-state index contributed by atoms with van der Waals surface area (Å²) in [6, 6.07) is 15.8. The summed E-state index contributed by atoms with van der Waals surface area (Å²) in [5.41, 5.74) is 3.20. The zero-order valence-corrected chi connectivity index (χ0v) is 14.0. The molecule has 2 aromatic carbocycles. The number of para-hydroxylation sites is 1. The molecule has 0 bridgehead atoms. The Labute approximate surface area is 138 Å². The van der Waals surface area contributed by atoms with Crippen LogP contribution in [0, 0.1) is 0 Å². The molecule has 0 saturated carbocycles. The predicted octanol–water partition coefficient (Wildman–Crippen LogP) is 3.33. The third kappa shape index (κ3) is 5.11. The number of amides is 1. The number of anilines is 1. The van der Waals surface area contributed by atoms with Gasteiger partial charge in [-0.2, -0.15) is 0 Å². The molecule has 23 heavy (non-hydrogen) atoms. The number of methoxy groups -OCH3 is 1. The van der Waals surface area contributed by atoms with Gasteiger partial charge in [0.25, 0.3) is 0 Å². The van der Waals surface area contributed by atoms with Crippen molar-refractivity contribution in [2.45, 2.75) is 19.9 Å². The highest BCUT2D eigenvalue weighted by atomic mass is 16.5. The van der Waals surface area contributed by atoms with Gasteiger partial charge in [-0.3, -0.25) is 9.69 Å². The molecule has 4 heteroatoms. The average Bonchev–Trinajstić information content (AvgIpc) is 2.55. The summed E-state index contributed by atoms with van der Waals surface area (Å²) in [5, 5.41) is 3.00. The van der Waals surface area contributed by atoms with Crippen molar-refractivity contribution >= 4 is 11.6 Å². The molecule has 2 rings (SSSR count). The van der Waals surface area contributed by atoms with E-state index < -0.39 is 0 Å². The van der Waals surface area contributed by atoms with Crippen molar-refractivity contribution in [3.05, 3.63) is 59.7 Å². The molecule has 0 radical (unpaired) electrons. The van der Waals surface area contributed by atoms with Gasteiger partial charge >= 0.3 is 0 Å². The van der Waals surface area contributed by atoms with E-state index in [9.17, 15) is 4.79 Å². The van der Waals surface area contributed by atoms with Gasteiger partial charge in [-0.25, -0.2) is 0 Å². The van der Waals surface area contributed by atoms with Crippen molar-refractivity contribution in [3.63, 3.8) is 0 Å². The smallest absolute Gasteiger partial charge is 0.238 e. The molecule has 0 unspecified atom stereocenters. The minimum absolute atomic E-state index is 0.00177. The number of hydrogen-bond donors (Lipinski definition) is 1. The largest absolute Gasteiger partial charge is 0.497 e. The lowest BCUT2D eigenvalue weighted by Crippen LogP contribution is -2.30. The second kappa shape index (κ2) is 8.34. The summed E-state index contributed by atoms with van der Waals surface area (Å²) in [6.45, 7) is 3.15. The van der Waals surface area contributed by atoms with Crippen LogP contribution in [0.2, 0.25) is 0 Å². The quantitative estimate of drug-likeness (QED) is 0.852. The molecule has 0 aliphatic carbocycles. The van der Waals surface area contributed by atoms with E-state index in [0.29, 0.717) is 13.1 Å². The number of ether oxygens (including phenoxy) is 1. The lowest BCUT2D eigenvalue weighted by Gasteiger charge is -2.17. The number of rotatable bonds is 7. The Morgan fingerprint density at radius 1 is 1.13 bits per heavy atom. The zero-order valence-electron chi connectivity index (χ0n) is 14.0. The molecule has 1 amide bonds. The van der Waals surface area contributed by atoms with Crippen LogP contribution in [0.25, 0.3) is 0 Å². The van der Waals surface area contributed by atoms with E-state index in [-0.39, 0.29) is 5.91 Å². The van der Waals surface area contributed by atoms with Gasteiger partial charge in [-0.05, 0) is 42.8 Å². The minimum Gasteiger partial charge on any atom is -0.497 e. The second-order valence-electron chi connectivity index (χ2n) is 5.58. The number of benzene rings is 2. The van der Waals surface area contributed by atoms with Gasteiger partial charge in [-0.15, -0.1) is 0 Å². The first kappa shape index (κ1) is 17.0. The average molecular weight is 312 g/mol. The maximum Gasteiger partial charge on any atom is 0.238 e. The molecular formula is C19H24N2O2. The summed E-state index contributed by atoms with van der Waals surface area (Å²) in [6.07, 6.45) is 0.901. The Balaban J connectivity index is 1.88. The van der Waals surface area contributed by atoms with Crippen LogP contribution in [0.5, 0.6) is 5.75 Å². The predicted molar refractivity (Wildman–Crippen MR) is 93.8 cm³/mol. The highest BCUT2D eigenvalue weighted by Crippen LogP contribution is 2.16. The first-order chi connectivity index (χ1) is 11.1. The minimum atomic E-state index is 0.00177. The van der Waals surface area contributed by atoms with Crippen molar-refractivity contribution in [1.82, 2.24) is 4.90 Å². The number of likely N-dealkylation sites (N-methyl/N-ethyl adjacent to an activating group) is 1. The van der Waals surface area contributed by atoms with E-state index in [1.165, 1.54) is 0 Å². The van der Waals surface area contributed by atoms with Crippen LogP contribution in [0.4, 0.5) is 5.69 Å². The number of nitrogens with one attached hydrogen (secondary N) is 1. The van der Waals surface area contributed by atoms with Crippen molar-refractivity contribution < 1.29 is 9.53 Å². The van der Waals surface area contributed by atoms with Crippen molar-refractivity contribution in [2.24, 2.45) is 0 Å². The molecule has 0 aromatic heterocycles. The number of carbonyl (C=O) groups excluding carboxylic acids is 1. The third-order valence-electron chi connectivity index (χ3n) is 3.70. The van der Waals surface area contributed by atoms with Gasteiger partial charge in [-0.1, -0.05) is 37.3 Å². The lowest BCUT2D eigenvalue weighted by atomic mass is 10.1. The molecule has 0 aliphatic heterocycles. The maximum absolute atomic E-state index is 12.2. The van der Waals surface area contributed by atoms with Gasteiger partial charge in [0.1, 0.15) is 5.75 Å². The monoisotopic (exact) mass is 312 g/mol. The summed E-state index contributed by atoms with van der Waals surface area (Å²) in [7, 11) is 3.59. The van der Waals surface area contributed by atoms with E-state index >= 15 is 0 Å². The highest BCUT2D eigenvalue weighted by molar-refractivity contribution is 5.92. The second-order valence-corrected chi connectivity index (χ2v) is 5.58. The molecule has 1 N–H and O–H groups in total. The molecule has 4 nitrogen and oxygen atoms in total. The molecule has 122 valence electrons. The molecule has 0 atom stereocenters. The van der Waals surface area contributed by atoms with Crippen LogP contribution in [-0.2, 0) is 17.8 Å². The van der Waals surface area contributed by atoms with Crippen molar-refractivity contribution in [1.29, 1.82) is 0 Å². The Hall–Kier alpha value is -2.33. The topological polar surface area (TPSA) is 41.6 Å². The van der Waals surface area contributed by atoms with Crippen molar-refractivity contribution in [2.75, 3.05) is 26.0 Å². The van der Waals surface area contributed by atoms with Gasteiger partial charge < -0.3 is 10.1 Å². The lowest BCUT2D eigenvalue weighted by molar-refractivity contribution is -0.117. The van der Waals surface area contributed by atoms with Gasteiger partial charge in [0.15, 0.2) is 0 Å². The first-order valence-corrected chi connectivity index (χ1v) is 7.81. The molecule has 0 heterocycles. The Bertz CT molecular complexity index is 638. The zero-order chi connectivity index (χ0) is 16.7. The fraction of sp³-hybridized carbons (Fsp3) is 0.316. The number of nitrogens with zero attached hydrogens (tertiary/aromatic N) is 1. The Morgan fingerprint density at radius 2 is 1.83 bits per heavy atom.